The molecular weight excluding hydrogens is 432 g/mol. The summed E-state index contributed by atoms with van der Waals surface area (Å²) >= 11 is 1.23. The molecule has 0 amide bonds. The number of benzene rings is 2. The number of hydrogen-bond acceptors (Lipinski definition) is 7. The Balaban J connectivity index is 1.56. The van der Waals surface area contributed by atoms with Crippen molar-refractivity contribution >= 4 is 32.8 Å². The molecule has 4 rings (SSSR count). The number of Topliss-reactive ketones (excluding diaryl/α,β-unsaturated/α-hetero) is 1. The van der Waals surface area contributed by atoms with Gasteiger partial charge in [-0.25, -0.2) is 13.4 Å². The fraction of sp³-hybridized carbons (Fsp3) is 0.182. The predicted molar refractivity (Wildman–Crippen MR) is 117 cm³/mol. The monoisotopic (exact) mass is 448 g/mol. The summed E-state index contributed by atoms with van der Waals surface area (Å²) in [6.45, 7) is 0.424. The van der Waals surface area contributed by atoms with E-state index in [4.69, 9.17) is 5.26 Å². The third-order valence-corrected chi connectivity index (χ3v) is 7.79. The van der Waals surface area contributed by atoms with E-state index in [0.29, 0.717) is 40.5 Å². The standard InChI is InChI=1S/C22H16N4O3S2/c23-12-15-2-4-16(5-3-15)20-14-30-22(25-20)19(13-24)21(27)17-6-8-18(9-7-17)26-10-1-11-31(26,28)29/h2-9,14,19H,1,10-11H2. The first-order valence-corrected chi connectivity index (χ1v) is 11.9. The lowest BCUT2D eigenvalue weighted by molar-refractivity contribution is 0.0979. The molecule has 1 aliphatic heterocycles. The summed E-state index contributed by atoms with van der Waals surface area (Å²) in [7, 11) is -3.30. The third-order valence-electron chi connectivity index (χ3n) is 5.01. The largest absolute Gasteiger partial charge is 0.292 e. The number of rotatable bonds is 5. The molecule has 3 aromatic rings. The van der Waals surface area contributed by atoms with Crippen molar-refractivity contribution in [1.82, 2.24) is 4.98 Å². The van der Waals surface area contributed by atoms with E-state index < -0.39 is 15.9 Å². The van der Waals surface area contributed by atoms with Crippen LogP contribution in [0.1, 0.15) is 33.3 Å². The molecule has 1 saturated heterocycles. The molecule has 1 aromatic heterocycles. The summed E-state index contributed by atoms with van der Waals surface area (Å²) in [6, 6.07) is 17.3. The Labute approximate surface area is 183 Å². The summed E-state index contributed by atoms with van der Waals surface area (Å²) in [5.41, 5.74) is 2.80. The molecule has 31 heavy (non-hydrogen) atoms. The van der Waals surface area contributed by atoms with Crippen molar-refractivity contribution in [3.05, 3.63) is 70.0 Å². The van der Waals surface area contributed by atoms with Crippen LogP contribution in [0.3, 0.4) is 0 Å². The van der Waals surface area contributed by atoms with Crippen molar-refractivity contribution in [3.8, 4) is 23.4 Å². The lowest BCUT2D eigenvalue weighted by Gasteiger charge is -2.17. The van der Waals surface area contributed by atoms with Crippen molar-refractivity contribution in [3.63, 3.8) is 0 Å². The number of nitriles is 2. The molecule has 0 aliphatic carbocycles. The lowest BCUT2D eigenvalue weighted by Crippen LogP contribution is -2.25. The van der Waals surface area contributed by atoms with Crippen LogP contribution in [0.2, 0.25) is 0 Å². The van der Waals surface area contributed by atoms with Gasteiger partial charge in [0.15, 0.2) is 11.7 Å². The number of hydrogen-bond donors (Lipinski definition) is 0. The van der Waals surface area contributed by atoms with Gasteiger partial charge >= 0.3 is 0 Å². The van der Waals surface area contributed by atoms with Crippen LogP contribution < -0.4 is 4.31 Å². The van der Waals surface area contributed by atoms with Gasteiger partial charge in [-0.1, -0.05) is 12.1 Å². The molecular formula is C22H16N4O3S2. The number of thiazole rings is 1. The Hall–Kier alpha value is -3.53. The molecule has 2 aromatic carbocycles. The molecule has 1 aliphatic rings. The van der Waals surface area contributed by atoms with Gasteiger partial charge in [-0.2, -0.15) is 10.5 Å². The molecule has 0 spiro atoms. The van der Waals surface area contributed by atoms with E-state index in [9.17, 15) is 18.5 Å². The Morgan fingerprint density at radius 1 is 1.10 bits per heavy atom. The van der Waals surface area contributed by atoms with Crippen LogP contribution in [0.25, 0.3) is 11.3 Å². The van der Waals surface area contributed by atoms with E-state index in [1.54, 1.807) is 53.9 Å². The fourth-order valence-corrected chi connectivity index (χ4v) is 5.81. The highest BCUT2D eigenvalue weighted by Gasteiger charge is 2.29. The molecule has 9 heteroatoms. The van der Waals surface area contributed by atoms with Crippen molar-refractivity contribution in [1.29, 1.82) is 10.5 Å². The van der Waals surface area contributed by atoms with Crippen LogP contribution in [0.4, 0.5) is 5.69 Å². The van der Waals surface area contributed by atoms with E-state index in [2.05, 4.69) is 11.1 Å². The molecule has 7 nitrogen and oxygen atoms in total. The van der Waals surface area contributed by atoms with Crippen molar-refractivity contribution < 1.29 is 13.2 Å². The van der Waals surface area contributed by atoms with Gasteiger partial charge in [-0.05, 0) is 42.8 Å². The number of carbonyl (C=O) groups excluding carboxylic acids is 1. The van der Waals surface area contributed by atoms with Gasteiger partial charge in [-0.3, -0.25) is 9.10 Å². The van der Waals surface area contributed by atoms with Crippen LogP contribution in [0, 0.1) is 22.7 Å². The first-order valence-electron chi connectivity index (χ1n) is 9.43. The fourth-order valence-electron chi connectivity index (χ4n) is 3.38. The molecule has 2 heterocycles. The normalized spacial score (nSPS) is 15.7. The van der Waals surface area contributed by atoms with Gasteiger partial charge in [0.05, 0.1) is 34.8 Å². The average molecular weight is 449 g/mol. The summed E-state index contributed by atoms with van der Waals surface area (Å²) in [5, 5.41) is 20.7. The molecule has 0 radical (unpaired) electrons. The quantitative estimate of drug-likeness (QED) is 0.550. The summed E-state index contributed by atoms with van der Waals surface area (Å²) < 4.78 is 25.5. The van der Waals surface area contributed by atoms with Gasteiger partial charge in [0.2, 0.25) is 10.0 Å². The van der Waals surface area contributed by atoms with Crippen LogP contribution in [0.15, 0.2) is 53.9 Å². The summed E-state index contributed by atoms with van der Waals surface area (Å²) in [4.78, 5) is 17.4. The molecule has 154 valence electrons. The number of ketones is 1. The first kappa shape index (κ1) is 20.7. The SMILES string of the molecule is N#Cc1ccc(-c2csc(C(C#N)C(=O)c3ccc(N4CCCS4(=O)=O)cc3)n2)cc1. The number of aromatic nitrogens is 1. The van der Waals surface area contributed by atoms with Gasteiger partial charge in [-0.15, -0.1) is 11.3 Å². The lowest BCUT2D eigenvalue weighted by atomic mass is 9.99. The van der Waals surface area contributed by atoms with E-state index in [0.717, 1.165) is 5.56 Å². The van der Waals surface area contributed by atoms with Gasteiger partial charge in [0.1, 0.15) is 5.01 Å². The maximum atomic E-state index is 12.9. The maximum Gasteiger partial charge on any atom is 0.235 e. The van der Waals surface area contributed by atoms with Crippen LogP contribution >= 0.6 is 11.3 Å². The van der Waals surface area contributed by atoms with E-state index >= 15 is 0 Å². The zero-order valence-electron chi connectivity index (χ0n) is 16.2. The first-order chi connectivity index (χ1) is 14.9. The van der Waals surface area contributed by atoms with Crippen molar-refractivity contribution in [2.24, 2.45) is 0 Å². The number of carbonyl (C=O) groups is 1. The Kier molecular flexibility index (Phi) is 5.55. The highest BCUT2D eigenvalue weighted by atomic mass is 32.2. The molecule has 1 atom stereocenters. The smallest absolute Gasteiger partial charge is 0.235 e. The maximum absolute atomic E-state index is 12.9. The van der Waals surface area contributed by atoms with Crippen LogP contribution in [-0.4, -0.2) is 31.5 Å². The second kappa shape index (κ2) is 8.31. The predicted octanol–water partition coefficient (Wildman–Crippen LogP) is 3.71. The highest BCUT2D eigenvalue weighted by Crippen LogP contribution is 2.30. The second-order valence-electron chi connectivity index (χ2n) is 6.98. The van der Waals surface area contributed by atoms with Crippen molar-refractivity contribution in [2.75, 3.05) is 16.6 Å². The highest BCUT2D eigenvalue weighted by molar-refractivity contribution is 7.93. The number of sulfonamides is 1. The van der Waals surface area contributed by atoms with Gasteiger partial charge < -0.3 is 0 Å². The Bertz CT molecular complexity index is 1310. The zero-order valence-corrected chi connectivity index (χ0v) is 17.9. The molecule has 1 unspecified atom stereocenters. The average Bonchev–Trinajstić information content (AvgIpc) is 3.41. The van der Waals surface area contributed by atoms with Crippen molar-refractivity contribution in [2.45, 2.75) is 12.3 Å². The molecule has 0 N–H and O–H groups in total. The molecule has 0 bridgehead atoms. The number of nitrogens with zero attached hydrogens (tertiary/aromatic N) is 4. The van der Waals surface area contributed by atoms with Gasteiger partial charge in [0.25, 0.3) is 0 Å². The zero-order chi connectivity index (χ0) is 22.0. The van der Waals surface area contributed by atoms with E-state index in [1.165, 1.54) is 15.6 Å². The summed E-state index contributed by atoms with van der Waals surface area (Å²) in [6.07, 6.45) is 0.575. The number of anilines is 1. The Morgan fingerprint density at radius 2 is 1.81 bits per heavy atom. The molecule has 0 saturated carbocycles. The third kappa shape index (κ3) is 4.06. The van der Waals surface area contributed by atoms with Crippen LogP contribution in [0.5, 0.6) is 0 Å². The topological polar surface area (TPSA) is 115 Å². The van der Waals surface area contributed by atoms with Gasteiger partial charge in [0, 0.05) is 23.1 Å². The van der Waals surface area contributed by atoms with E-state index in [1.807, 2.05) is 6.07 Å². The van der Waals surface area contributed by atoms with E-state index in [-0.39, 0.29) is 11.5 Å². The second-order valence-corrected chi connectivity index (χ2v) is 9.88. The minimum Gasteiger partial charge on any atom is -0.292 e. The minimum absolute atomic E-state index is 0.121. The summed E-state index contributed by atoms with van der Waals surface area (Å²) in [5.74, 6) is -1.33. The Morgan fingerprint density at radius 3 is 2.39 bits per heavy atom. The van der Waals surface area contributed by atoms with Crippen LogP contribution in [-0.2, 0) is 10.0 Å². The minimum atomic E-state index is -3.30. The molecule has 1 fully saturated rings.